The molecule has 164 valence electrons. The van der Waals surface area contributed by atoms with E-state index in [1.54, 1.807) is 6.07 Å². The van der Waals surface area contributed by atoms with Crippen LogP contribution in [0.25, 0.3) is 0 Å². The molecular weight excluding hydrogens is 412 g/mol. The van der Waals surface area contributed by atoms with Gasteiger partial charge in [0.05, 0.1) is 5.69 Å². The highest BCUT2D eigenvalue weighted by atomic mass is 32.2. The molecule has 1 saturated heterocycles. The standard InChI is InChI=1S/C20H27F2N5O2S/c1-15(7-8-27-11-9-26(2)10-12-27)24-20-6-4-17(14-23-20)30(28,29)25-16-3-5-18(21)19(22)13-16/h3-6,13-15,25H,7-12H2,1-2H3,(H,23,24). The quantitative estimate of drug-likeness (QED) is 0.659. The van der Waals surface area contributed by atoms with E-state index in [-0.39, 0.29) is 16.6 Å². The molecule has 3 rings (SSSR count). The summed E-state index contributed by atoms with van der Waals surface area (Å²) in [5.74, 6) is -1.59. The van der Waals surface area contributed by atoms with Gasteiger partial charge in [-0.3, -0.25) is 4.72 Å². The fourth-order valence-electron chi connectivity index (χ4n) is 3.17. The van der Waals surface area contributed by atoms with Crippen LogP contribution in [0.2, 0.25) is 0 Å². The van der Waals surface area contributed by atoms with Crippen LogP contribution >= 0.6 is 0 Å². The summed E-state index contributed by atoms with van der Waals surface area (Å²) in [6.45, 7) is 7.35. The lowest BCUT2D eigenvalue weighted by molar-refractivity contribution is 0.151. The first-order valence-electron chi connectivity index (χ1n) is 9.84. The normalized spacial score (nSPS) is 16.9. The molecule has 0 saturated carbocycles. The van der Waals surface area contributed by atoms with Gasteiger partial charge in [-0.1, -0.05) is 0 Å². The lowest BCUT2D eigenvalue weighted by Crippen LogP contribution is -2.45. The number of pyridine rings is 1. The molecule has 30 heavy (non-hydrogen) atoms. The van der Waals surface area contributed by atoms with Crippen molar-refractivity contribution in [2.75, 3.05) is 49.8 Å². The number of sulfonamides is 1. The molecule has 1 aliphatic heterocycles. The summed E-state index contributed by atoms with van der Waals surface area (Å²) in [4.78, 5) is 8.87. The minimum atomic E-state index is -3.96. The largest absolute Gasteiger partial charge is 0.368 e. The van der Waals surface area contributed by atoms with Gasteiger partial charge in [0.1, 0.15) is 10.7 Å². The molecule has 2 heterocycles. The number of halogens is 2. The topological polar surface area (TPSA) is 77.6 Å². The summed E-state index contributed by atoms with van der Waals surface area (Å²) in [5, 5.41) is 3.28. The van der Waals surface area contributed by atoms with Gasteiger partial charge < -0.3 is 15.1 Å². The second-order valence-electron chi connectivity index (χ2n) is 7.59. The number of rotatable bonds is 8. The Morgan fingerprint density at radius 1 is 1.10 bits per heavy atom. The van der Waals surface area contributed by atoms with Crippen LogP contribution in [0.1, 0.15) is 13.3 Å². The number of likely N-dealkylation sites (N-methyl/N-ethyl adjacent to an activating group) is 1. The molecule has 1 aliphatic rings. The van der Waals surface area contributed by atoms with Crippen molar-refractivity contribution in [1.29, 1.82) is 0 Å². The third-order valence-electron chi connectivity index (χ3n) is 5.09. The van der Waals surface area contributed by atoms with Crippen LogP contribution < -0.4 is 10.0 Å². The van der Waals surface area contributed by atoms with Gasteiger partial charge in [0.2, 0.25) is 0 Å². The van der Waals surface area contributed by atoms with E-state index < -0.39 is 21.7 Å². The van der Waals surface area contributed by atoms with E-state index in [1.165, 1.54) is 12.3 Å². The van der Waals surface area contributed by atoms with Gasteiger partial charge in [-0.05, 0) is 44.7 Å². The number of anilines is 2. The number of piperazine rings is 1. The Kier molecular flexibility index (Phi) is 7.22. The first kappa shape index (κ1) is 22.4. The highest BCUT2D eigenvalue weighted by Gasteiger charge is 2.17. The third-order valence-corrected chi connectivity index (χ3v) is 6.45. The molecule has 1 atom stereocenters. The predicted molar refractivity (Wildman–Crippen MR) is 113 cm³/mol. The zero-order valence-corrected chi connectivity index (χ0v) is 17.9. The minimum Gasteiger partial charge on any atom is -0.368 e. The molecule has 0 radical (unpaired) electrons. The molecule has 1 aromatic heterocycles. The lowest BCUT2D eigenvalue weighted by atomic mass is 10.2. The highest BCUT2D eigenvalue weighted by Crippen LogP contribution is 2.19. The number of hydrogen-bond acceptors (Lipinski definition) is 6. The van der Waals surface area contributed by atoms with Gasteiger partial charge in [-0.15, -0.1) is 0 Å². The van der Waals surface area contributed by atoms with E-state index in [9.17, 15) is 17.2 Å². The lowest BCUT2D eigenvalue weighted by Gasteiger charge is -2.33. The van der Waals surface area contributed by atoms with E-state index in [0.717, 1.165) is 57.3 Å². The van der Waals surface area contributed by atoms with Crippen LogP contribution in [-0.2, 0) is 10.0 Å². The molecule has 0 spiro atoms. The Morgan fingerprint density at radius 2 is 1.83 bits per heavy atom. The maximum Gasteiger partial charge on any atom is 0.263 e. The Hall–Kier alpha value is -2.30. The van der Waals surface area contributed by atoms with Crippen molar-refractivity contribution in [2.45, 2.75) is 24.3 Å². The summed E-state index contributed by atoms with van der Waals surface area (Å²) in [6, 6.07) is 6.00. The maximum atomic E-state index is 13.3. The average Bonchev–Trinajstić information content (AvgIpc) is 2.70. The number of nitrogens with one attached hydrogen (secondary N) is 2. The average molecular weight is 440 g/mol. The maximum absolute atomic E-state index is 13.3. The van der Waals surface area contributed by atoms with Crippen LogP contribution in [0.3, 0.4) is 0 Å². The van der Waals surface area contributed by atoms with Crippen LogP contribution in [0.5, 0.6) is 0 Å². The summed E-state index contributed by atoms with van der Waals surface area (Å²) < 4.78 is 53.4. The third kappa shape index (κ3) is 6.10. The van der Waals surface area contributed by atoms with E-state index in [1.807, 2.05) is 0 Å². The Bertz CT molecular complexity index is 948. The van der Waals surface area contributed by atoms with Crippen molar-refractivity contribution in [2.24, 2.45) is 0 Å². The van der Waals surface area contributed by atoms with Gasteiger partial charge >= 0.3 is 0 Å². The summed E-state index contributed by atoms with van der Waals surface area (Å²) in [7, 11) is -1.83. The van der Waals surface area contributed by atoms with Crippen LogP contribution in [0, 0.1) is 11.6 Å². The molecule has 1 unspecified atom stereocenters. The number of nitrogens with zero attached hydrogens (tertiary/aromatic N) is 3. The van der Waals surface area contributed by atoms with E-state index in [2.05, 4.69) is 38.8 Å². The molecule has 2 N–H and O–H groups in total. The molecule has 7 nitrogen and oxygen atoms in total. The van der Waals surface area contributed by atoms with Crippen molar-refractivity contribution < 1.29 is 17.2 Å². The number of hydrogen-bond donors (Lipinski definition) is 2. The Morgan fingerprint density at radius 3 is 2.47 bits per heavy atom. The molecule has 2 aromatic rings. The van der Waals surface area contributed by atoms with Crippen LogP contribution in [0.15, 0.2) is 41.4 Å². The molecule has 0 bridgehead atoms. The summed E-state index contributed by atoms with van der Waals surface area (Å²) >= 11 is 0. The van der Waals surface area contributed by atoms with Gasteiger partial charge in [0, 0.05) is 51.0 Å². The minimum absolute atomic E-state index is 0.0615. The van der Waals surface area contributed by atoms with Crippen molar-refractivity contribution in [1.82, 2.24) is 14.8 Å². The Labute approximate surface area is 176 Å². The van der Waals surface area contributed by atoms with E-state index in [0.29, 0.717) is 5.82 Å². The van der Waals surface area contributed by atoms with Gasteiger partial charge in [-0.25, -0.2) is 22.2 Å². The van der Waals surface area contributed by atoms with Crippen LogP contribution in [0.4, 0.5) is 20.3 Å². The van der Waals surface area contributed by atoms with Gasteiger partial charge in [-0.2, -0.15) is 0 Å². The number of aromatic nitrogens is 1. The van der Waals surface area contributed by atoms with Crippen molar-refractivity contribution in [3.05, 3.63) is 48.2 Å². The first-order chi connectivity index (χ1) is 14.2. The smallest absolute Gasteiger partial charge is 0.263 e. The van der Waals surface area contributed by atoms with Gasteiger partial charge in [0.25, 0.3) is 10.0 Å². The SMILES string of the molecule is CC(CCN1CCN(C)CC1)Nc1ccc(S(=O)(=O)Nc2ccc(F)c(F)c2)cn1. The molecule has 1 fully saturated rings. The summed E-state index contributed by atoms with van der Waals surface area (Å²) in [6.07, 6.45) is 2.18. The first-order valence-corrected chi connectivity index (χ1v) is 11.3. The fourth-order valence-corrected chi connectivity index (χ4v) is 4.16. The fraction of sp³-hybridized carbons (Fsp3) is 0.450. The molecule has 1 aromatic carbocycles. The highest BCUT2D eigenvalue weighted by molar-refractivity contribution is 7.92. The number of benzene rings is 1. The van der Waals surface area contributed by atoms with Crippen molar-refractivity contribution >= 4 is 21.5 Å². The zero-order chi connectivity index (χ0) is 21.7. The van der Waals surface area contributed by atoms with E-state index in [4.69, 9.17) is 0 Å². The monoisotopic (exact) mass is 439 g/mol. The van der Waals surface area contributed by atoms with E-state index >= 15 is 0 Å². The van der Waals surface area contributed by atoms with Crippen molar-refractivity contribution in [3.8, 4) is 0 Å². The molecule has 0 amide bonds. The molecule has 0 aliphatic carbocycles. The van der Waals surface area contributed by atoms with Crippen molar-refractivity contribution in [3.63, 3.8) is 0 Å². The Balaban J connectivity index is 1.53. The molecular formula is C20H27F2N5O2S. The predicted octanol–water partition coefficient (Wildman–Crippen LogP) is 2.60. The van der Waals surface area contributed by atoms with Crippen LogP contribution in [-0.4, -0.2) is 69.0 Å². The molecule has 10 heteroatoms. The second-order valence-corrected chi connectivity index (χ2v) is 9.27. The van der Waals surface area contributed by atoms with Gasteiger partial charge in [0.15, 0.2) is 11.6 Å². The zero-order valence-electron chi connectivity index (χ0n) is 17.1. The summed E-state index contributed by atoms with van der Waals surface area (Å²) in [5.41, 5.74) is -0.0615. The second kappa shape index (κ2) is 9.67.